The molecule has 0 radical (unpaired) electrons. The summed E-state index contributed by atoms with van der Waals surface area (Å²) in [4.78, 5) is 29.7. The number of esters is 1. The molecule has 2 aromatic heterocycles. The summed E-state index contributed by atoms with van der Waals surface area (Å²) in [6.45, 7) is 2.13. The molecule has 3 rings (SSSR count). The summed E-state index contributed by atoms with van der Waals surface area (Å²) in [6.07, 6.45) is 1.50. The number of hydrogen-bond acceptors (Lipinski definition) is 5. The predicted molar refractivity (Wildman–Crippen MR) is 90.5 cm³/mol. The number of ether oxygens (including phenoxy) is 1. The lowest BCUT2D eigenvalue weighted by Gasteiger charge is -2.05. The first kappa shape index (κ1) is 15.7. The van der Waals surface area contributed by atoms with Crippen LogP contribution in [0.25, 0.3) is 10.2 Å². The molecule has 5 nitrogen and oxygen atoms in total. The van der Waals surface area contributed by atoms with E-state index in [4.69, 9.17) is 16.3 Å². The Morgan fingerprint density at radius 3 is 2.70 bits per heavy atom. The molecule has 0 aliphatic carbocycles. The molecule has 23 heavy (non-hydrogen) atoms. The lowest BCUT2D eigenvalue weighted by molar-refractivity contribution is 0.0605. The van der Waals surface area contributed by atoms with E-state index < -0.39 is 5.97 Å². The summed E-state index contributed by atoms with van der Waals surface area (Å²) >= 11 is 7.04. The molecule has 3 aromatic rings. The van der Waals surface area contributed by atoms with Crippen molar-refractivity contribution < 1.29 is 9.53 Å². The van der Waals surface area contributed by atoms with Crippen LogP contribution in [0.15, 0.2) is 35.4 Å². The molecule has 0 fully saturated rings. The Bertz CT molecular complexity index is 944. The average molecular weight is 349 g/mol. The molecule has 0 saturated carbocycles. The molecule has 0 aliphatic heterocycles. The number of aryl methyl sites for hydroxylation is 1. The van der Waals surface area contributed by atoms with Crippen molar-refractivity contribution in [3.63, 3.8) is 0 Å². The van der Waals surface area contributed by atoms with Gasteiger partial charge in [0.1, 0.15) is 9.71 Å². The van der Waals surface area contributed by atoms with E-state index >= 15 is 0 Å². The van der Waals surface area contributed by atoms with Gasteiger partial charge in [-0.1, -0.05) is 23.7 Å². The van der Waals surface area contributed by atoms with Gasteiger partial charge in [-0.3, -0.25) is 9.36 Å². The number of fused-ring (bicyclic) bond motifs is 1. The Morgan fingerprint density at radius 2 is 2.04 bits per heavy atom. The maximum absolute atomic E-state index is 12.7. The van der Waals surface area contributed by atoms with Crippen molar-refractivity contribution in [2.45, 2.75) is 13.5 Å². The van der Waals surface area contributed by atoms with Crippen LogP contribution in [0.5, 0.6) is 0 Å². The fourth-order valence-electron chi connectivity index (χ4n) is 2.35. The molecule has 0 N–H and O–H groups in total. The van der Waals surface area contributed by atoms with Gasteiger partial charge in [0.25, 0.3) is 5.56 Å². The number of thiophene rings is 1. The minimum atomic E-state index is -0.450. The van der Waals surface area contributed by atoms with Crippen molar-refractivity contribution in [3.05, 3.63) is 62.0 Å². The summed E-state index contributed by atoms with van der Waals surface area (Å²) in [6, 6.07) is 7.27. The number of nitrogens with zero attached hydrogens (tertiary/aromatic N) is 2. The Kier molecular flexibility index (Phi) is 4.19. The van der Waals surface area contributed by atoms with Crippen molar-refractivity contribution in [1.29, 1.82) is 0 Å². The number of aromatic nitrogens is 2. The van der Waals surface area contributed by atoms with Gasteiger partial charge in [-0.05, 0) is 30.2 Å². The van der Waals surface area contributed by atoms with Gasteiger partial charge in [0.05, 0.1) is 25.4 Å². The van der Waals surface area contributed by atoms with Crippen molar-refractivity contribution in [1.82, 2.24) is 9.55 Å². The van der Waals surface area contributed by atoms with E-state index in [9.17, 15) is 9.59 Å². The first-order valence-electron chi connectivity index (χ1n) is 6.82. The van der Waals surface area contributed by atoms with Gasteiger partial charge < -0.3 is 4.74 Å². The van der Waals surface area contributed by atoms with Crippen molar-refractivity contribution in [2.24, 2.45) is 0 Å². The van der Waals surface area contributed by atoms with Crippen LogP contribution >= 0.6 is 22.9 Å². The number of carbonyl (C=O) groups is 1. The standard InChI is InChI=1S/C16H13ClN2O3S/c1-9-12-14(23-13(9)16(21)22-2)18-8-19(15(12)20)7-10-3-5-11(17)6-4-10/h3-6,8H,7H2,1-2H3. The molecule has 0 spiro atoms. The first-order chi connectivity index (χ1) is 11.0. The molecular weight excluding hydrogens is 336 g/mol. The van der Waals surface area contributed by atoms with Crippen LogP contribution in [0, 0.1) is 6.92 Å². The third kappa shape index (κ3) is 2.87. The zero-order chi connectivity index (χ0) is 16.6. The Labute approximate surface area is 141 Å². The zero-order valence-electron chi connectivity index (χ0n) is 12.5. The molecule has 0 aliphatic rings. The molecular formula is C16H13ClN2O3S. The molecule has 0 saturated heterocycles. The van der Waals surface area contributed by atoms with Crippen LogP contribution < -0.4 is 5.56 Å². The van der Waals surface area contributed by atoms with E-state index in [1.807, 2.05) is 12.1 Å². The molecule has 0 bridgehead atoms. The second-order valence-electron chi connectivity index (χ2n) is 5.03. The highest BCUT2D eigenvalue weighted by Crippen LogP contribution is 2.27. The summed E-state index contributed by atoms with van der Waals surface area (Å²) in [5.74, 6) is -0.450. The third-order valence-electron chi connectivity index (χ3n) is 3.55. The largest absolute Gasteiger partial charge is 0.465 e. The van der Waals surface area contributed by atoms with E-state index in [-0.39, 0.29) is 5.56 Å². The maximum Gasteiger partial charge on any atom is 0.348 e. The minimum absolute atomic E-state index is 0.172. The van der Waals surface area contributed by atoms with Gasteiger partial charge >= 0.3 is 5.97 Å². The van der Waals surface area contributed by atoms with Crippen LogP contribution in [-0.4, -0.2) is 22.6 Å². The monoisotopic (exact) mass is 348 g/mol. The van der Waals surface area contributed by atoms with E-state index in [0.717, 1.165) is 5.56 Å². The quantitative estimate of drug-likeness (QED) is 0.682. The number of rotatable bonds is 3. The van der Waals surface area contributed by atoms with Crippen LogP contribution in [0.2, 0.25) is 5.02 Å². The second-order valence-corrected chi connectivity index (χ2v) is 6.47. The zero-order valence-corrected chi connectivity index (χ0v) is 14.1. The molecule has 0 atom stereocenters. The van der Waals surface area contributed by atoms with Gasteiger partial charge in [0.2, 0.25) is 0 Å². The molecule has 0 amide bonds. The van der Waals surface area contributed by atoms with Crippen molar-refractivity contribution in [2.75, 3.05) is 7.11 Å². The molecule has 1 aromatic carbocycles. The minimum Gasteiger partial charge on any atom is -0.465 e. The smallest absolute Gasteiger partial charge is 0.348 e. The Hall–Kier alpha value is -2.18. The lowest BCUT2D eigenvalue weighted by atomic mass is 10.2. The molecule has 0 unspecified atom stereocenters. The van der Waals surface area contributed by atoms with Gasteiger partial charge in [0.15, 0.2) is 0 Å². The summed E-state index contributed by atoms with van der Waals surface area (Å²) < 4.78 is 6.27. The summed E-state index contributed by atoms with van der Waals surface area (Å²) in [5, 5.41) is 1.11. The van der Waals surface area contributed by atoms with Gasteiger partial charge in [-0.15, -0.1) is 11.3 Å². The number of carbonyl (C=O) groups excluding carboxylic acids is 1. The number of halogens is 1. The predicted octanol–water partition coefficient (Wildman–Crippen LogP) is 3.25. The number of benzene rings is 1. The average Bonchev–Trinajstić information content (AvgIpc) is 2.89. The highest BCUT2D eigenvalue weighted by atomic mass is 35.5. The Balaban J connectivity index is 2.08. The second kappa shape index (κ2) is 6.14. The normalized spacial score (nSPS) is 10.9. The highest BCUT2D eigenvalue weighted by Gasteiger charge is 2.19. The van der Waals surface area contributed by atoms with E-state index in [1.54, 1.807) is 19.1 Å². The van der Waals surface area contributed by atoms with E-state index in [0.29, 0.717) is 32.2 Å². The third-order valence-corrected chi connectivity index (χ3v) is 4.99. The molecule has 118 valence electrons. The van der Waals surface area contributed by atoms with Crippen LogP contribution in [0.4, 0.5) is 0 Å². The molecule has 2 heterocycles. The topological polar surface area (TPSA) is 61.2 Å². The SMILES string of the molecule is COC(=O)c1sc2ncn(Cc3ccc(Cl)cc3)c(=O)c2c1C. The summed E-state index contributed by atoms with van der Waals surface area (Å²) in [5.41, 5.74) is 1.38. The van der Waals surface area contributed by atoms with Crippen LogP contribution in [0.1, 0.15) is 20.8 Å². The Morgan fingerprint density at radius 1 is 1.35 bits per heavy atom. The lowest BCUT2D eigenvalue weighted by Crippen LogP contribution is -2.21. The van der Waals surface area contributed by atoms with Gasteiger partial charge in [-0.2, -0.15) is 0 Å². The van der Waals surface area contributed by atoms with Gasteiger partial charge in [-0.25, -0.2) is 9.78 Å². The van der Waals surface area contributed by atoms with Crippen LogP contribution in [-0.2, 0) is 11.3 Å². The fraction of sp³-hybridized carbons (Fsp3) is 0.188. The number of methoxy groups -OCH3 is 1. The highest BCUT2D eigenvalue weighted by molar-refractivity contribution is 7.20. The first-order valence-corrected chi connectivity index (χ1v) is 8.02. The van der Waals surface area contributed by atoms with Crippen molar-refractivity contribution in [3.8, 4) is 0 Å². The van der Waals surface area contributed by atoms with Crippen LogP contribution in [0.3, 0.4) is 0 Å². The van der Waals surface area contributed by atoms with Crippen molar-refractivity contribution >= 4 is 39.1 Å². The van der Waals surface area contributed by atoms with Gasteiger partial charge in [0, 0.05) is 5.02 Å². The number of hydrogen-bond donors (Lipinski definition) is 0. The van der Waals surface area contributed by atoms with E-state index in [1.165, 1.54) is 29.3 Å². The molecule has 7 heteroatoms. The fourth-order valence-corrected chi connectivity index (χ4v) is 3.53. The van der Waals surface area contributed by atoms with E-state index in [2.05, 4.69) is 4.98 Å². The maximum atomic E-state index is 12.7. The summed E-state index contributed by atoms with van der Waals surface area (Å²) in [7, 11) is 1.32.